The fraction of sp³-hybridized carbons (Fsp3) is 0.462. The minimum absolute atomic E-state index is 0.116. The van der Waals surface area contributed by atoms with Crippen molar-refractivity contribution in [3.63, 3.8) is 0 Å². The van der Waals surface area contributed by atoms with Crippen LogP contribution in [0.5, 0.6) is 0 Å². The van der Waals surface area contributed by atoms with E-state index in [4.69, 9.17) is 0 Å². The van der Waals surface area contributed by atoms with Crippen molar-refractivity contribution >= 4 is 13.5 Å². The van der Waals surface area contributed by atoms with E-state index in [0.29, 0.717) is 11.5 Å². The number of rotatable bonds is 8. The number of carbonyl (C=O) groups excluding carboxylic acids is 1. The Hall–Kier alpha value is -1.24. The zero-order valence-corrected chi connectivity index (χ0v) is 12.7. The van der Waals surface area contributed by atoms with Crippen LogP contribution < -0.4 is 5.32 Å². The van der Waals surface area contributed by atoms with E-state index in [1.165, 1.54) is 0 Å². The predicted molar refractivity (Wildman–Crippen MR) is 77.8 cm³/mol. The molecule has 0 spiro atoms. The van der Waals surface area contributed by atoms with Gasteiger partial charge >= 0.3 is 7.60 Å². The molecule has 4 N–H and O–H groups in total. The van der Waals surface area contributed by atoms with Gasteiger partial charge in [0.2, 0.25) is 0 Å². The Bertz CT molecular complexity index is 491. The molecule has 0 saturated carbocycles. The normalized spacial score (nSPS) is 13.0. The number of aryl methyl sites for hydroxylation is 1. The third-order valence-corrected chi connectivity index (χ3v) is 4.28. The first-order chi connectivity index (χ1) is 9.84. The van der Waals surface area contributed by atoms with Crippen molar-refractivity contribution in [2.45, 2.75) is 25.5 Å². The van der Waals surface area contributed by atoms with Crippen LogP contribution in [0, 0.1) is 0 Å². The highest BCUT2D eigenvalue weighted by atomic mass is 31.2. The van der Waals surface area contributed by atoms with Crippen LogP contribution in [0.15, 0.2) is 30.3 Å². The third kappa shape index (κ3) is 6.37. The minimum Gasteiger partial charge on any atom is -0.323 e. The maximum Gasteiger partial charge on any atom is 0.342 e. The van der Waals surface area contributed by atoms with Crippen molar-refractivity contribution < 1.29 is 24.4 Å². The highest BCUT2D eigenvalue weighted by Crippen LogP contribution is 2.41. The molecule has 0 bridgehead atoms. The van der Waals surface area contributed by atoms with Gasteiger partial charge in [-0.25, -0.2) is 5.06 Å². The molecule has 0 heterocycles. The van der Waals surface area contributed by atoms with Crippen LogP contribution >= 0.6 is 7.60 Å². The molecule has 0 aliphatic heterocycles. The van der Waals surface area contributed by atoms with E-state index < -0.39 is 19.3 Å². The van der Waals surface area contributed by atoms with E-state index in [9.17, 15) is 24.4 Å². The second kappa shape index (κ2) is 8.26. The molecular formula is C13H21N2O5P. The third-order valence-electron chi connectivity index (χ3n) is 3.03. The summed E-state index contributed by atoms with van der Waals surface area (Å²) in [6.45, 7) is 1.38. The van der Waals surface area contributed by atoms with E-state index >= 15 is 0 Å². The van der Waals surface area contributed by atoms with E-state index in [2.05, 4.69) is 5.32 Å². The molecule has 0 aliphatic carbocycles. The lowest BCUT2D eigenvalue weighted by atomic mass is 10.1. The van der Waals surface area contributed by atoms with Crippen molar-refractivity contribution in [3.8, 4) is 0 Å². The van der Waals surface area contributed by atoms with Gasteiger partial charge in [-0.2, -0.15) is 0 Å². The molecule has 1 atom stereocenters. The SMILES string of the molecule is CCN(O)C(=O)CNC(CCc1ccccc1)P(=O)(O)O. The second-order valence-electron chi connectivity index (χ2n) is 4.62. The smallest absolute Gasteiger partial charge is 0.323 e. The largest absolute Gasteiger partial charge is 0.342 e. The summed E-state index contributed by atoms with van der Waals surface area (Å²) in [4.78, 5) is 30.1. The molecular weight excluding hydrogens is 295 g/mol. The van der Waals surface area contributed by atoms with Gasteiger partial charge in [0, 0.05) is 6.54 Å². The number of carbonyl (C=O) groups is 1. The van der Waals surface area contributed by atoms with Crippen molar-refractivity contribution in [1.29, 1.82) is 0 Å². The van der Waals surface area contributed by atoms with Crippen LogP contribution in [0.3, 0.4) is 0 Å². The lowest BCUT2D eigenvalue weighted by molar-refractivity contribution is -0.163. The Morgan fingerprint density at radius 3 is 2.48 bits per heavy atom. The highest BCUT2D eigenvalue weighted by molar-refractivity contribution is 7.52. The zero-order valence-electron chi connectivity index (χ0n) is 11.8. The maximum atomic E-state index is 11.4. The van der Waals surface area contributed by atoms with Crippen molar-refractivity contribution in [2.75, 3.05) is 13.1 Å². The van der Waals surface area contributed by atoms with Crippen LogP contribution in [-0.4, -0.2) is 44.8 Å². The summed E-state index contributed by atoms with van der Waals surface area (Å²) in [5, 5.41) is 12.2. The van der Waals surface area contributed by atoms with Crippen LogP contribution in [0.2, 0.25) is 0 Å². The summed E-state index contributed by atoms with van der Waals surface area (Å²) < 4.78 is 11.4. The van der Waals surface area contributed by atoms with Crippen molar-refractivity contribution in [3.05, 3.63) is 35.9 Å². The number of hydroxylamine groups is 2. The topological polar surface area (TPSA) is 110 Å². The number of hydrogen-bond donors (Lipinski definition) is 4. The standard InChI is InChI=1S/C13H21N2O5P/c1-2-15(17)13(16)10-14-12(21(18,19)20)9-8-11-6-4-3-5-7-11/h3-7,12,14,17H,2,8-10H2,1H3,(H2,18,19,20). The van der Waals surface area contributed by atoms with E-state index in [1.54, 1.807) is 6.92 Å². The number of nitrogens with zero attached hydrogens (tertiary/aromatic N) is 1. The Morgan fingerprint density at radius 1 is 1.33 bits per heavy atom. The van der Waals surface area contributed by atoms with E-state index in [1.807, 2.05) is 30.3 Å². The average molecular weight is 316 g/mol. The molecule has 1 aromatic carbocycles. The molecule has 1 amide bonds. The van der Waals surface area contributed by atoms with Crippen LogP contribution in [0.1, 0.15) is 18.9 Å². The predicted octanol–water partition coefficient (Wildman–Crippen LogP) is 0.950. The second-order valence-corrected chi connectivity index (χ2v) is 6.42. The molecule has 21 heavy (non-hydrogen) atoms. The molecule has 1 rings (SSSR count). The van der Waals surface area contributed by atoms with Gasteiger partial charge in [-0.1, -0.05) is 30.3 Å². The van der Waals surface area contributed by atoms with Gasteiger partial charge in [-0.3, -0.25) is 19.9 Å². The van der Waals surface area contributed by atoms with Gasteiger partial charge in [0.1, 0.15) is 5.78 Å². The molecule has 0 radical (unpaired) electrons. The van der Waals surface area contributed by atoms with Crippen LogP contribution in [-0.2, 0) is 15.8 Å². The van der Waals surface area contributed by atoms with Crippen LogP contribution in [0.25, 0.3) is 0 Å². The quantitative estimate of drug-likeness (QED) is 0.323. The summed E-state index contributed by atoms with van der Waals surface area (Å²) >= 11 is 0. The lowest BCUT2D eigenvalue weighted by Gasteiger charge is -2.21. The molecule has 0 aliphatic rings. The molecule has 0 aromatic heterocycles. The van der Waals surface area contributed by atoms with Gasteiger partial charge in [0.05, 0.1) is 6.54 Å². The van der Waals surface area contributed by atoms with Gasteiger partial charge in [-0.15, -0.1) is 0 Å². The molecule has 1 unspecified atom stereocenters. The average Bonchev–Trinajstić information content (AvgIpc) is 2.45. The summed E-state index contributed by atoms with van der Waals surface area (Å²) in [7, 11) is -4.37. The van der Waals surface area contributed by atoms with Crippen molar-refractivity contribution in [1.82, 2.24) is 10.4 Å². The Morgan fingerprint density at radius 2 is 1.95 bits per heavy atom. The fourth-order valence-electron chi connectivity index (χ4n) is 1.81. The maximum absolute atomic E-state index is 11.4. The Balaban J connectivity index is 2.57. The molecule has 8 heteroatoms. The summed E-state index contributed by atoms with van der Waals surface area (Å²) in [5.74, 6) is -1.75. The first-order valence-electron chi connectivity index (χ1n) is 6.66. The monoisotopic (exact) mass is 316 g/mol. The van der Waals surface area contributed by atoms with Gasteiger partial charge in [-0.05, 0) is 25.3 Å². The van der Waals surface area contributed by atoms with Gasteiger partial charge in [0.25, 0.3) is 5.91 Å². The Labute approximate surface area is 123 Å². The molecule has 0 fully saturated rings. The van der Waals surface area contributed by atoms with E-state index in [-0.39, 0.29) is 19.5 Å². The first-order valence-corrected chi connectivity index (χ1v) is 8.34. The number of hydrogen-bond acceptors (Lipinski definition) is 4. The number of benzene rings is 1. The molecule has 0 saturated heterocycles. The highest BCUT2D eigenvalue weighted by Gasteiger charge is 2.28. The summed E-state index contributed by atoms with van der Waals surface area (Å²) in [6.07, 6.45) is 0.674. The lowest BCUT2D eigenvalue weighted by Crippen LogP contribution is -2.40. The molecule has 7 nitrogen and oxygen atoms in total. The number of amides is 1. The number of nitrogens with one attached hydrogen (secondary N) is 1. The molecule has 118 valence electrons. The van der Waals surface area contributed by atoms with Gasteiger partial charge < -0.3 is 9.79 Å². The first kappa shape index (κ1) is 17.8. The summed E-state index contributed by atoms with van der Waals surface area (Å²) in [6, 6.07) is 9.30. The van der Waals surface area contributed by atoms with E-state index in [0.717, 1.165) is 5.56 Å². The summed E-state index contributed by atoms with van der Waals surface area (Å²) in [5.41, 5.74) is 0.960. The zero-order chi connectivity index (χ0) is 15.9. The van der Waals surface area contributed by atoms with Crippen LogP contribution in [0.4, 0.5) is 0 Å². The van der Waals surface area contributed by atoms with Gasteiger partial charge in [0.15, 0.2) is 0 Å². The van der Waals surface area contributed by atoms with Crippen molar-refractivity contribution in [2.24, 2.45) is 0 Å². The fourth-order valence-corrected chi connectivity index (χ4v) is 2.60. The molecule has 1 aromatic rings. The Kier molecular flexibility index (Phi) is 7.01. The minimum atomic E-state index is -4.37. The number of likely N-dealkylation sites (N-methyl/N-ethyl adjacent to an activating group) is 1.